The smallest absolute Gasteiger partial charge is 0.319 e. The first-order chi connectivity index (χ1) is 8.31. The van der Waals surface area contributed by atoms with Gasteiger partial charge in [-0.2, -0.15) is 0 Å². The summed E-state index contributed by atoms with van der Waals surface area (Å²) in [5.74, 6) is -0.0949. The number of rotatable bonds is 4. The van der Waals surface area contributed by atoms with Crippen LogP contribution in [0.15, 0.2) is 0 Å². The van der Waals surface area contributed by atoms with Gasteiger partial charge in [-0.3, -0.25) is 9.69 Å². The molecule has 0 radical (unpaired) electrons. The Morgan fingerprint density at radius 3 is 2.59 bits per heavy atom. The maximum atomic E-state index is 11.5. The summed E-state index contributed by atoms with van der Waals surface area (Å²) in [6.07, 6.45) is 7.62. The van der Waals surface area contributed by atoms with Crippen molar-refractivity contribution in [2.45, 2.75) is 50.6 Å². The normalized spacial score (nSPS) is 26.4. The Kier molecular flexibility index (Phi) is 4.80. The fraction of sp³-hybridized carbons (Fsp3) is 0.923. The third-order valence-electron chi connectivity index (χ3n) is 4.09. The highest BCUT2D eigenvalue weighted by atomic mass is 16.5. The van der Waals surface area contributed by atoms with Gasteiger partial charge >= 0.3 is 5.97 Å². The van der Waals surface area contributed by atoms with Crippen molar-refractivity contribution in [1.29, 1.82) is 0 Å². The zero-order valence-corrected chi connectivity index (χ0v) is 10.8. The molecule has 1 N–H and O–H groups in total. The van der Waals surface area contributed by atoms with E-state index in [1.54, 1.807) is 0 Å². The molecule has 0 unspecified atom stereocenters. The predicted molar refractivity (Wildman–Crippen MR) is 66.9 cm³/mol. The fourth-order valence-corrected chi connectivity index (χ4v) is 3.11. The predicted octanol–water partition coefficient (Wildman–Crippen LogP) is 1.16. The van der Waals surface area contributed by atoms with Crippen LogP contribution in [0.1, 0.15) is 38.5 Å². The van der Waals surface area contributed by atoms with Gasteiger partial charge in [0.2, 0.25) is 0 Å². The van der Waals surface area contributed by atoms with Gasteiger partial charge in [0, 0.05) is 18.6 Å². The van der Waals surface area contributed by atoms with Gasteiger partial charge in [-0.15, -0.1) is 0 Å². The maximum Gasteiger partial charge on any atom is 0.319 e. The average Bonchev–Trinajstić information content (AvgIpc) is 2.90. The van der Waals surface area contributed by atoms with Gasteiger partial charge in [-0.25, -0.2) is 0 Å². The lowest BCUT2D eigenvalue weighted by Crippen LogP contribution is -2.48. The highest BCUT2D eigenvalue weighted by Gasteiger charge is 2.31. The molecule has 2 fully saturated rings. The molecule has 0 aromatic carbocycles. The maximum absolute atomic E-state index is 11.5. The minimum atomic E-state index is -0.0949. The van der Waals surface area contributed by atoms with E-state index in [0.29, 0.717) is 18.6 Å². The van der Waals surface area contributed by atoms with Crippen molar-refractivity contribution >= 4 is 5.97 Å². The standard InChI is InChI=1S/C13H24N2O2/c1-17-13(16)10-15(12-7-8-14-9-12)11-5-3-2-4-6-11/h11-12,14H,2-10H2,1H3/t12-/m0/s1. The van der Waals surface area contributed by atoms with Crippen molar-refractivity contribution in [1.82, 2.24) is 10.2 Å². The monoisotopic (exact) mass is 240 g/mol. The van der Waals surface area contributed by atoms with Crippen molar-refractivity contribution < 1.29 is 9.53 Å². The van der Waals surface area contributed by atoms with E-state index >= 15 is 0 Å². The van der Waals surface area contributed by atoms with Crippen LogP contribution in [-0.2, 0) is 9.53 Å². The van der Waals surface area contributed by atoms with E-state index in [2.05, 4.69) is 10.2 Å². The van der Waals surface area contributed by atoms with Crippen LogP contribution in [0.4, 0.5) is 0 Å². The molecule has 1 saturated carbocycles. The molecular weight excluding hydrogens is 216 g/mol. The number of nitrogens with one attached hydrogen (secondary N) is 1. The first-order valence-corrected chi connectivity index (χ1v) is 6.84. The summed E-state index contributed by atoms with van der Waals surface area (Å²) in [6.45, 7) is 2.57. The number of hydrogen-bond acceptors (Lipinski definition) is 4. The number of nitrogens with zero attached hydrogens (tertiary/aromatic N) is 1. The molecule has 1 aliphatic heterocycles. The Morgan fingerprint density at radius 2 is 2.00 bits per heavy atom. The Labute approximate surface area is 104 Å². The van der Waals surface area contributed by atoms with Crippen LogP contribution in [0.3, 0.4) is 0 Å². The van der Waals surface area contributed by atoms with E-state index in [1.165, 1.54) is 39.2 Å². The molecule has 0 spiro atoms. The largest absolute Gasteiger partial charge is 0.468 e. The number of methoxy groups -OCH3 is 1. The van der Waals surface area contributed by atoms with Crippen molar-refractivity contribution in [3.8, 4) is 0 Å². The second kappa shape index (κ2) is 6.36. The molecular formula is C13H24N2O2. The van der Waals surface area contributed by atoms with Gasteiger partial charge in [0.1, 0.15) is 0 Å². The van der Waals surface area contributed by atoms with E-state index < -0.39 is 0 Å². The molecule has 1 saturated heterocycles. The van der Waals surface area contributed by atoms with E-state index in [1.807, 2.05) is 0 Å². The molecule has 2 aliphatic rings. The lowest BCUT2D eigenvalue weighted by atomic mass is 9.93. The molecule has 0 aromatic rings. The van der Waals surface area contributed by atoms with Crippen LogP contribution >= 0.6 is 0 Å². The summed E-state index contributed by atoms with van der Waals surface area (Å²) in [4.78, 5) is 13.9. The Morgan fingerprint density at radius 1 is 1.24 bits per heavy atom. The first kappa shape index (κ1) is 12.8. The molecule has 17 heavy (non-hydrogen) atoms. The molecule has 0 amide bonds. The zero-order valence-electron chi connectivity index (χ0n) is 10.8. The van der Waals surface area contributed by atoms with Gasteiger partial charge in [0.25, 0.3) is 0 Å². The molecule has 98 valence electrons. The highest BCUT2D eigenvalue weighted by molar-refractivity contribution is 5.71. The quantitative estimate of drug-likeness (QED) is 0.749. The summed E-state index contributed by atoms with van der Waals surface area (Å²) < 4.78 is 4.83. The van der Waals surface area contributed by atoms with E-state index in [4.69, 9.17) is 4.74 Å². The lowest BCUT2D eigenvalue weighted by molar-refractivity contribution is -0.143. The number of esters is 1. The van der Waals surface area contributed by atoms with Gasteiger partial charge in [-0.1, -0.05) is 19.3 Å². The van der Waals surface area contributed by atoms with Crippen molar-refractivity contribution in [2.24, 2.45) is 0 Å². The minimum absolute atomic E-state index is 0.0949. The fourth-order valence-electron chi connectivity index (χ4n) is 3.11. The SMILES string of the molecule is COC(=O)CN(C1CCCCC1)[C@H]1CCNC1. The van der Waals surface area contributed by atoms with E-state index in [9.17, 15) is 4.79 Å². The Bertz CT molecular complexity index is 246. The molecule has 2 rings (SSSR count). The number of carbonyl (C=O) groups is 1. The topological polar surface area (TPSA) is 41.6 Å². The van der Waals surface area contributed by atoms with Gasteiger partial charge in [0.05, 0.1) is 13.7 Å². The number of ether oxygens (including phenoxy) is 1. The first-order valence-electron chi connectivity index (χ1n) is 6.84. The van der Waals surface area contributed by atoms with Gasteiger partial charge in [0.15, 0.2) is 0 Å². The molecule has 0 aromatic heterocycles. The van der Waals surface area contributed by atoms with Crippen molar-refractivity contribution in [2.75, 3.05) is 26.7 Å². The van der Waals surface area contributed by atoms with Crippen LogP contribution < -0.4 is 5.32 Å². The highest BCUT2D eigenvalue weighted by Crippen LogP contribution is 2.25. The second-order valence-corrected chi connectivity index (χ2v) is 5.19. The third-order valence-corrected chi connectivity index (χ3v) is 4.09. The van der Waals surface area contributed by atoms with Crippen LogP contribution in [0.5, 0.6) is 0 Å². The summed E-state index contributed by atoms with van der Waals surface area (Å²) in [6, 6.07) is 1.12. The lowest BCUT2D eigenvalue weighted by Gasteiger charge is -2.37. The van der Waals surface area contributed by atoms with Crippen LogP contribution in [0.2, 0.25) is 0 Å². The van der Waals surface area contributed by atoms with Gasteiger partial charge < -0.3 is 10.1 Å². The Balaban J connectivity index is 1.96. The summed E-state index contributed by atoms with van der Waals surface area (Å²) >= 11 is 0. The molecule has 4 nitrogen and oxygen atoms in total. The van der Waals surface area contributed by atoms with Crippen LogP contribution in [-0.4, -0.2) is 49.7 Å². The average molecular weight is 240 g/mol. The molecule has 1 heterocycles. The minimum Gasteiger partial charge on any atom is -0.468 e. The third kappa shape index (κ3) is 3.42. The number of hydrogen-bond donors (Lipinski definition) is 1. The molecule has 1 atom stereocenters. The summed E-state index contributed by atoms with van der Waals surface area (Å²) in [5.41, 5.74) is 0. The molecule has 4 heteroatoms. The van der Waals surface area contributed by atoms with E-state index in [0.717, 1.165) is 19.5 Å². The van der Waals surface area contributed by atoms with E-state index in [-0.39, 0.29) is 5.97 Å². The molecule has 0 bridgehead atoms. The summed E-state index contributed by atoms with van der Waals surface area (Å²) in [7, 11) is 1.48. The number of carbonyl (C=O) groups excluding carboxylic acids is 1. The second-order valence-electron chi connectivity index (χ2n) is 5.19. The van der Waals surface area contributed by atoms with Gasteiger partial charge in [-0.05, 0) is 25.8 Å². The van der Waals surface area contributed by atoms with Crippen molar-refractivity contribution in [3.05, 3.63) is 0 Å². The van der Waals surface area contributed by atoms with Crippen molar-refractivity contribution in [3.63, 3.8) is 0 Å². The van der Waals surface area contributed by atoms with Crippen LogP contribution in [0.25, 0.3) is 0 Å². The Hall–Kier alpha value is -0.610. The van der Waals surface area contributed by atoms with Crippen LogP contribution in [0, 0.1) is 0 Å². The summed E-state index contributed by atoms with van der Waals surface area (Å²) in [5, 5.41) is 3.39. The molecule has 1 aliphatic carbocycles. The zero-order chi connectivity index (χ0) is 12.1.